The lowest BCUT2D eigenvalue weighted by atomic mass is 9.85. The fraction of sp³-hybridized carbons (Fsp3) is 0.138. The highest BCUT2D eigenvalue weighted by Crippen LogP contribution is 2.48. The van der Waals surface area contributed by atoms with Crippen molar-refractivity contribution in [2.24, 2.45) is 0 Å². The molecule has 37 heavy (non-hydrogen) atoms. The van der Waals surface area contributed by atoms with E-state index in [1.54, 1.807) is 56.7 Å². The largest absolute Gasteiger partial charge is 0.497 e. The minimum Gasteiger partial charge on any atom is -0.497 e. The third kappa shape index (κ3) is 3.74. The number of pyridine rings is 1. The first-order chi connectivity index (χ1) is 18.0. The van der Waals surface area contributed by atoms with Crippen LogP contribution in [0.1, 0.15) is 39.4 Å². The van der Waals surface area contributed by atoms with Gasteiger partial charge in [-0.05, 0) is 47.9 Å². The number of aromatic nitrogens is 1. The molecule has 1 N–H and O–H groups in total. The zero-order chi connectivity index (χ0) is 25.7. The summed E-state index contributed by atoms with van der Waals surface area (Å²) in [5, 5.41) is 0.775. The summed E-state index contributed by atoms with van der Waals surface area (Å²) in [6.45, 7) is 0. The highest BCUT2D eigenvalue weighted by atomic mass is 16.5. The summed E-state index contributed by atoms with van der Waals surface area (Å²) in [6.07, 6.45) is 1.55. The molecule has 0 fully saturated rings. The maximum absolute atomic E-state index is 13.3. The Labute approximate surface area is 211 Å². The molecular formula is C29H21NO7. The molecule has 1 atom stereocenters. The molecule has 8 heteroatoms. The van der Waals surface area contributed by atoms with Gasteiger partial charge in [0.1, 0.15) is 23.0 Å². The van der Waals surface area contributed by atoms with Gasteiger partial charge < -0.3 is 23.9 Å². The van der Waals surface area contributed by atoms with Gasteiger partial charge in [0, 0.05) is 28.7 Å². The molecule has 184 valence electrons. The fourth-order valence-electron chi connectivity index (χ4n) is 4.88. The predicted molar refractivity (Wildman–Crippen MR) is 136 cm³/mol. The van der Waals surface area contributed by atoms with Gasteiger partial charge in [0.2, 0.25) is 5.78 Å². The number of benzene rings is 3. The number of fused-ring (bicyclic) bond motifs is 4. The van der Waals surface area contributed by atoms with E-state index >= 15 is 0 Å². The van der Waals surface area contributed by atoms with E-state index < -0.39 is 11.9 Å². The number of rotatable bonds is 4. The summed E-state index contributed by atoms with van der Waals surface area (Å²) in [5.41, 5.74) is 2.15. The summed E-state index contributed by atoms with van der Waals surface area (Å²) >= 11 is 0. The van der Waals surface area contributed by atoms with Gasteiger partial charge in [-0.1, -0.05) is 18.2 Å². The number of methoxy groups -OCH3 is 2. The van der Waals surface area contributed by atoms with E-state index in [0.717, 1.165) is 5.39 Å². The number of ether oxygens (including phenoxy) is 4. The molecule has 6 rings (SSSR count). The Hall–Kier alpha value is -4.85. The minimum atomic E-state index is -0.667. The van der Waals surface area contributed by atoms with E-state index in [-0.39, 0.29) is 35.0 Å². The first-order valence-electron chi connectivity index (χ1n) is 11.6. The molecule has 3 aromatic carbocycles. The van der Waals surface area contributed by atoms with Crippen molar-refractivity contribution >= 4 is 28.7 Å². The van der Waals surface area contributed by atoms with E-state index in [0.29, 0.717) is 39.3 Å². The molecule has 8 nitrogen and oxygen atoms in total. The highest BCUT2D eigenvalue weighted by molar-refractivity contribution is 6.15. The number of carbonyl (C=O) groups excluding carboxylic acids is 2. The highest BCUT2D eigenvalue weighted by Gasteiger charge is 2.39. The van der Waals surface area contributed by atoms with E-state index in [9.17, 15) is 14.4 Å². The number of nitrogens with one attached hydrogen (secondary N) is 1. The predicted octanol–water partition coefficient (Wildman–Crippen LogP) is 4.60. The van der Waals surface area contributed by atoms with E-state index in [2.05, 4.69) is 4.98 Å². The number of hydrogen-bond donors (Lipinski definition) is 1. The van der Waals surface area contributed by atoms with Crippen LogP contribution in [0.25, 0.3) is 17.0 Å². The molecular weight excluding hydrogens is 474 g/mol. The first-order valence-corrected chi connectivity index (χ1v) is 11.6. The standard InChI is InChI=1S/C29H21NO7/c1-34-17-8-7-15-11-20(29(33)30-21(15)13-17)19-14-25(31)36-23-10-9-18-27(32)24(37-28(18)26(19)23)12-16-5-3-4-6-22(16)35-2/h3-13,19H,14H2,1-2H3,(H,30,33)/b24-12-/t19-/m1/s1. The van der Waals surface area contributed by atoms with Crippen LogP contribution in [0.15, 0.2) is 71.2 Å². The van der Waals surface area contributed by atoms with Crippen molar-refractivity contribution in [2.45, 2.75) is 12.3 Å². The molecule has 3 heterocycles. The van der Waals surface area contributed by atoms with Crippen LogP contribution >= 0.6 is 0 Å². The van der Waals surface area contributed by atoms with Crippen LogP contribution in [-0.4, -0.2) is 31.0 Å². The first kappa shape index (κ1) is 22.6. The molecule has 4 aromatic rings. The van der Waals surface area contributed by atoms with Crippen LogP contribution in [0.5, 0.6) is 23.0 Å². The quantitative estimate of drug-likeness (QED) is 0.251. The van der Waals surface area contributed by atoms with E-state index in [1.165, 1.54) is 0 Å². The Bertz CT molecular complexity index is 1700. The maximum atomic E-state index is 13.3. The van der Waals surface area contributed by atoms with Gasteiger partial charge >= 0.3 is 5.97 Å². The fourth-order valence-corrected chi connectivity index (χ4v) is 4.88. The third-order valence-corrected chi connectivity index (χ3v) is 6.66. The van der Waals surface area contributed by atoms with Crippen molar-refractivity contribution < 1.29 is 28.5 Å². The number of Topliss-reactive ketones (excluding diaryl/α,β-unsaturated/α-hetero) is 1. The van der Waals surface area contributed by atoms with Crippen LogP contribution in [-0.2, 0) is 4.79 Å². The summed E-state index contributed by atoms with van der Waals surface area (Å²) < 4.78 is 22.2. The zero-order valence-electron chi connectivity index (χ0n) is 20.0. The smallest absolute Gasteiger partial charge is 0.312 e. The van der Waals surface area contributed by atoms with Gasteiger partial charge in [0.15, 0.2) is 5.76 Å². The number of esters is 1. The Morgan fingerprint density at radius 2 is 1.78 bits per heavy atom. The van der Waals surface area contributed by atoms with Crippen molar-refractivity contribution in [3.05, 3.63) is 99.0 Å². The Balaban J connectivity index is 1.49. The molecule has 0 bridgehead atoms. The molecule has 0 aliphatic carbocycles. The lowest BCUT2D eigenvalue weighted by Gasteiger charge is -2.26. The molecule has 0 spiro atoms. The Morgan fingerprint density at radius 1 is 0.946 bits per heavy atom. The van der Waals surface area contributed by atoms with Crippen LogP contribution in [0, 0.1) is 0 Å². The molecule has 0 saturated carbocycles. The lowest BCUT2D eigenvalue weighted by Crippen LogP contribution is -2.26. The Morgan fingerprint density at radius 3 is 2.59 bits per heavy atom. The maximum Gasteiger partial charge on any atom is 0.312 e. The topological polar surface area (TPSA) is 104 Å². The minimum absolute atomic E-state index is 0.0721. The average molecular weight is 495 g/mol. The molecule has 0 saturated heterocycles. The van der Waals surface area contributed by atoms with Crippen LogP contribution < -0.4 is 24.5 Å². The SMILES string of the molecule is COc1ccc2cc([C@H]3CC(=O)Oc4ccc5c(c43)O/C(=C\c3ccccc3OC)C5=O)c(=O)[nH]c2c1. The van der Waals surface area contributed by atoms with Crippen molar-refractivity contribution in [1.82, 2.24) is 4.98 Å². The summed E-state index contributed by atoms with van der Waals surface area (Å²) in [5.74, 6) is 0.427. The number of aromatic amines is 1. The normalized spacial score (nSPS) is 17.2. The molecule has 2 aliphatic rings. The number of allylic oxidation sites excluding steroid dienone is 1. The monoisotopic (exact) mass is 495 g/mol. The number of ketones is 1. The van der Waals surface area contributed by atoms with Crippen molar-refractivity contribution in [2.75, 3.05) is 14.2 Å². The Kier molecular flexibility index (Phi) is 5.30. The summed E-state index contributed by atoms with van der Waals surface area (Å²) in [7, 11) is 3.10. The molecule has 0 unspecified atom stereocenters. The molecule has 0 radical (unpaired) electrons. The average Bonchev–Trinajstić information content (AvgIpc) is 3.22. The summed E-state index contributed by atoms with van der Waals surface area (Å²) in [4.78, 5) is 41.9. The second-order valence-corrected chi connectivity index (χ2v) is 8.77. The summed E-state index contributed by atoms with van der Waals surface area (Å²) in [6, 6.07) is 17.5. The van der Waals surface area contributed by atoms with E-state index in [4.69, 9.17) is 18.9 Å². The molecule has 1 aromatic heterocycles. The second-order valence-electron chi connectivity index (χ2n) is 8.77. The molecule has 2 aliphatic heterocycles. The number of carbonyl (C=O) groups is 2. The van der Waals surface area contributed by atoms with Crippen molar-refractivity contribution in [3.63, 3.8) is 0 Å². The van der Waals surface area contributed by atoms with E-state index in [1.807, 2.05) is 24.3 Å². The van der Waals surface area contributed by atoms with Crippen molar-refractivity contribution in [1.29, 1.82) is 0 Å². The van der Waals surface area contributed by atoms with Crippen molar-refractivity contribution in [3.8, 4) is 23.0 Å². The molecule has 0 amide bonds. The second kappa shape index (κ2) is 8.67. The van der Waals surface area contributed by atoms with Crippen LogP contribution in [0.2, 0.25) is 0 Å². The van der Waals surface area contributed by atoms with Gasteiger partial charge in [-0.25, -0.2) is 0 Å². The number of H-pyrrole nitrogens is 1. The zero-order valence-corrected chi connectivity index (χ0v) is 20.0. The number of hydrogen-bond acceptors (Lipinski definition) is 7. The number of para-hydroxylation sites is 1. The van der Waals surface area contributed by atoms with Gasteiger partial charge in [-0.2, -0.15) is 0 Å². The lowest BCUT2D eigenvalue weighted by molar-refractivity contribution is -0.135. The van der Waals surface area contributed by atoms with Gasteiger partial charge in [0.05, 0.1) is 31.7 Å². The van der Waals surface area contributed by atoms with Gasteiger partial charge in [0.25, 0.3) is 5.56 Å². The van der Waals surface area contributed by atoms with Gasteiger partial charge in [-0.15, -0.1) is 0 Å². The van der Waals surface area contributed by atoms with Crippen LogP contribution in [0.4, 0.5) is 0 Å². The third-order valence-electron chi connectivity index (χ3n) is 6.66. The van der Waals surface area contributed by atoms with Crippen LogP contribution in [0.3, 0.4) is 0 Å². The van der Waals surface area contributed by atoms with Gasteiger partial charge in [-0.3, -0.25) is 14.4 Å².